The first-order chi connectivity index (χ1) is 8.04. The molecule has 0 bridgehead atoms. The van der Waals surface area contributed by atoms with Crippen LogP contribution in [0.4, 0.5) is 0 Å². The van der Waals surface area contributed by atoms with Crippen LogP contribution in [0.5, 0.6) is 0 Å². The van der Waals surface area contributed by atoms with Crippen LogP contribution in [0.15, 0.2) is 0 Å². The average Bonchev–Trinajstić information content (AvgIpc) is 2.30. The molecule has 98 valence electrons. The first-order valence-corrected chi connectivity index (χ1v) is 6.22. The van der Waals surface area contributed by atoms with E-state index in [1.54, 1.807) is 0 Å². The third kappa shape index (κ3) is 4.34. The molecule has 1 aliphatic rings. The Morgan fingerprint density at radius 3 is 2.47 bits per heavy atom. The number of likely N-dealkylation sites (tertiary alicyclic amines) is 1. The van der Waals surface area contributed by atoms with E-state index in [-0.39, 0.29) is 23.7 Å². The van der Waals surface area contributed by atoms with Crippen molar-refractivity contribution >= 4 is 11.9 Å². The van der Waals surface area contributed by atoms with Crippen molar-refractivity contribution in [2.45, 2.75) is 26.7 Å². The van der Waals surface area contributed by atoms with Crippen molar-refractivity contribution in [3.8, 4) is 0 Å². The Balaban J connectivity index is 2.30. The van der Waals surface area contributed by atoms with Gasteiger partial charge in [0.1, 0.15) is 0 Å². The SMILES string of the molecule is CCOC(=O)C1CCN(CC(C)C(N)=O)CC1. The van der Waals surface area contributed by atoms with Crippen LogP contribution in [0.25, 0.3) is 0 Å². The van der Waals surface area contributed by atoms with E-state index in [4.69, 9.17) is 10.5 Å². The minimum Gasteiger partial charge on any atom is -0.466 e. The van der Waals surface area contributed by atoms with Crippen molar-refractivity contribution < 1.29 is 14.3 Å². The van der Waals surface area contributed by atoms with Gasteiger partial charge in [-0.05, 0) is 32.9 Å². The Hall–Kier alpha value is -1.10. The molecule has 1 fully saturated rings. The molecule has 5 nitrogen and oxygen atoms in total. The first-order valence-electron chi connectivity index (χ1n) is 6.22. The lowest BCUT2D eigenvalue weighted by molar-refractivity contribution is -0.149. The number of nitrogens with zero attached hydrogens (tertiary/aromatic N) is 1. The molecule has 1 heterocycles. The van der Waals surface area contributed by atoms with Crippen molar-refractivity contribution in [2.75, 3.05) is 26.2 Å². The molecule has 1 saturated heterocycles. The van der Waals surface area contributed by atoms with Crippen LogP contribution >= 0.6 is 0 Å². The molecule has 0 aromatic heterocycles. The fourth-order valence-corrected chi connectivity index (χ4v) is 2.09. The lowest BCUT2D eigenvalue weighted by Gasteiger charge is -2.31. The van der Waals surface area contributed by atoms with Crippen LogP contribution in [0.2, 0.25) is 0 Å². The summed E-state index contributed by atoms with van der Waals surface area (Å²) in [6.45, 7) is 6.45. The van der Waals surface area contributed by atoms with Gasteiger partial charge < -0.3 is 15.4 Å². The van der Waals surface area contributed by atoms with Gasteiger partial charge in [0.15, 0.2) is 0 Å². The predicted octanol–water partition coefficient (Wildman–Crippen LogP) is 0.383. The summed E-state index contributed by atoms with van der Waals surface area (Å²) in [6.07, 6.45) is 1.62. The van der Waals surface area contributed by atoms with Crippen molar-refractivity contribution in [2.24, 2.45) is 17.6 Å². The van der Waals surface area contributed by atoms with Crippen molar-refractivity contribution in [1.82, 2.24) is 4.90 Å². The molecule has 1 rings (SSSR count). The number of primary amides is 1. The van der Waals surface area contributed by atoms with Gasteiger partial charge in [0.25, 0.3) is 0 Å². The lowest BCUT2D eigenvalue weighted by Crippen LogP contribution is -2.41. The smallest absolute Gasteiger partial charge is 0.309 e. The van der Waals surface area contributed by atoms with Gasteiger partial charge in [0, 0.05) is 12.5 Å². The van der Waals surface area contributed by atoms with E-state index in [1.807, 2.05) is 13.8 Å². The fourth-order valence-electron chi connectivity index (χ4n) is 2.09. The Kier molecular flexibility index (Phi) is 5.41. The molecule has 0 saturated carbocycles. The Labute approximate surface area is 102 Å². The number of hydrogen-bond acceptors (Lipinski definition) is 4. The molecule has 2 N–H and O–H groups in total. The molecule has 5 heteroatoms. The summed E-state index contributed by atoms with van der Waals surface area (Å²) in [4.78, 5) is 24.7. The van der Waals surface area contributed by atoms with Gasteiger partial charge in [-0.3, -0.25) is 9.59 Å². The van der Waals surface area contributed by atoms with Gasteiger partial charge in [0.05, 0.1) is 12.5 Å². The molecule has 0 radical (unpaired) electrons. The number of carbonyl (C=O) groups is 2. The number of piperidine rings is 1. The fraction of sp³-hybridized carbons (Fsp3) is 0.833. The minimum atomic E-state index is -0.266. The second-order valence-corrected chi connectivity index (χ2v) is 4.63. The van der Waals surface area contributed by atoms with Gasteiger partial charge in [-0.1, -0.05) is 6.92 Å². The zero-order chi connectivity index (χ0) is 12.8. The van der Waals surface area contributed by atoms with Crippen LogP contribution in [-0.4, -0.2) is 43.0 Å². The summed E-state index contributed by atoms with van der Waals surface area (Å²) in [5, 5.41) is 0. The van der Waals surface area contributed by atoms with Crippen molar-refractivity contribution in [1.29, 1.82) is 0 Å². The normalized spacial score (nSPS) is 19.9. The van der Waals surface area contributed by atoms with E-state index in [0.29, 0.717) is 13.2 Å². The van der Waals surface area contributed by atoms with E-state index in [2.05, 4.69) is 4.90 Å². The monoisotopic (exact) mass is 242 g/mol. The highest BCUT2D eigenvalue weighted by atomic mass is 16.5. The Bertz CT molecular complexity index is 273. The molecule has 17 heavy (non-hydrogen) atoms. The summed E-state index contributed by atoms with van der Waals surface area (Å²) in [5.41, 5.74) is 5.23. The highest BCUT2D eigenvalue weighted by Crippen LogP contribution is 2.19. The lowest BCUT2D eigenvalue weighted by atomic mass is 9.96. The highest BCUT2D eigenvalue weighted by molar-refractivity contribution is 5.76. The quantitative estimate of drug-likeness (QED) is 0.707. The number of hydrogen-bond donors (Lipinski definition) is 1. The third-order valence-electron chi connectivity index (χ3n) is 3.23. The van der Waals surface area contributed by atoms with Crippen LogP contribution in [-0.2, 0) is 14.3 Å². The highest BCUT2D eigenvalue weighted by Gasteiger charge is 2.27. The summed E-state index contributed by atoms with van der Waals surface area (Å²) in [6, 6.07) is 0. The van der Waals surface area contributed by atoms with Gasteiger partial charge in [-0.15, -0.1) is 0 Å². The zero-order valence-corrected chi connectivity index (χ0v) is 10.6. The number of carbonyl (C=O) groups excluding carboxylic acids is 2. The van der Waals surface area contributed by atoms with E-state index < -0.39 is 0 Å². The predicted molar refractivity (Wildman–Crippen MR) is 64.2 cm³/mol. The number of nitrogens with two attached hydrogens (primary N) is 1. The maximum atomic E-state index is 11.5. The average molecular weight is 242 g/mol. The second-order valence-electron chi connectivity index (χ2n) is 4.63. The van der Waals surface area contributed by atoms with Crippen LogP contribution < -0.4 is 5.73 Å². The summed E-state index contributed by atoms with van der Waals surface area (Å²) >= 11 is 0. The standard InChI is InChI=1S/C12H22N2O3/c1-3-17-12(16)10-4-6-14(7-5-10)8-9(2)11(13)15/h9-10H,3-8H2,1-2H3,(H2,13,15). The van der Waals surface area contributed by atoms with E-state index in [0.717, 1.165) is 25.9 Å². The molecule has 0 aromatic carbocycles. The van der Waals surface area contributed by atoms with E-state index >= 15 is 0 Å². The number of rotatable bonds is 5. The molecule has 1 unspecified atom stereocenters. The van der Waals surface area contributed by atoms with E-state index in [1.165, 1.54) is 0 Å². The summed E-state index contributed by atoms with van der Waals surface area (Å²) in [7, 11) is 0. The minimum absolute atomic E-state index is 0.0232. The van der Waals surface area contributed by atoms with Crippen molar-refractivity contribution in [3.05, 3.63) is 0 Å². The van der Waals surface area contributed by atoms with Crippen LogP contribution in [0.3, 0.4) is 0 Å². The van der Waals surface area contributed by atoms with Gasteiger partial charge in [0.2, 0.25) is 5.91 Å². The molecule has 1 aliphatic heterocycles. The molecule has 1 amide bonds. The van der Waals surface area contributed by atoms with E-state index in [9.17, 15) is 9.59 Å². The van der Waals surface area contributed by atoms with Crippen molar-refractivity contribution in [3.63, 3.8) is 0 Å². The van der Waals surface area contributed by atoms with Crippen LogP contribution in [0, 0.1) is 11.8 Å². The number of amides is 1. The molecule has 0 aliphatic carbocycles. The van der Waals surface area contributed by atoms with Gasteiger partial charge >= 0.3 is 5.97 Å². The molecule has 0 spiro atoms. The van der Waals surface area contributed by atoms with Crippen LogP contribution in [0.1, 0.15) is 26.7 Å². The van der Waals surface area contributed by atoms with Gasteiger partial charge in [-0.2, -0.15) is 0 Å². The topological polar surface area (TPSA) is 72.6 Å². The molecular formula is C12H22N2O3. The molecule has 0 aromatic rings. The first kappa shape index (κ1) is 14.0. The Morgan fingerprint density at radius 2 is 2.00 bits per heavy atom. The summed E-state index contributed by atoms with van der Waals surface area (Å²) in [5.74, 6) is -0.461. The maximum absolute atomic E-state index is 11.5. The molecular weight excluding hydrogens is 220 g/mol. The number of ether oxygens (including phenoxy) is 1. The number of esters is 1. The maximum Gasteiger partial charge on any atom is 0.309 e. The summed E-state index contributed by atoms with van der Waals surface area (Å²) < 4.78 is 5.00. The second kappa shape index (κ2) is 6.59. The largest absolute Gasteiger partial charge is 0.466 e. The Morgan fingerprint density at radius 1 is 1.41 bits per heavy atom. The van der Waals surface area contributed by atoms with Gasteiger partial charge in [-0.25, -0.2) is 0 Å². The third-order valence-corrected chi connectivity index (χ3v) is 3.23. The zero-order valence-electron chi connectivity index (χ0n) is 10.6. The molecule has 1 atom stereocenters.